The first-order valence-electron chi connectivity index (χ1n) is 7.03. The van der Waals surface area contributed by atoms with E-state index in [4.69, 9.17) is 4.74 Å². The third-order valence-corrected chi connectivity index (χ3v) is 3.59. The number of alkyl halides is 3. The van der Waals surface area contributed by atoms with E-state index in [0.29, 0.717) is 12.1 Å². The van der Waals surface area contributed by atoms with Gasteiger partial charge < -0.3 is 10.1 Å². The third kappa shape index (κ3) is 4.21. The number of ether oxygens (including phenoxy) is 1. The Hall–Kier alpha value is -1.07. The quantitative estimate of drug-likeness (QED) is 0.852. The molecule has 3 rings (SSSR count). The van der Waals surface area contributed by atoms with E-state index in [1.54, 1.807) is 12.1 Å². The molecule has 0 saturated carbocycles. The first-order valence-corrected chi connectivity index (χ1v) is 7.03. The minimum atomic E-state index is -4.24. The van der Waals surface area contributed by atoms with Crippen LogP contribution in [0.2, 0.25) is 0 Å². The Balaban J connectivity index is 0.000000247. The molecule has 0 bridgehead atoms. The second-order valence-electron chi connectivity index (χ2n) is 5.09. The topological polar surface area (TPSA) is 21.3 Å². The predicted octanol–water partition coefficient (Wildman–Crippen LogP) is 3.58. The van der Waals surface area contributed by atoms with Gasteiger partial charge in [0.15, 0.2) is 0 Å². The number of benzene rings is 1. The summed E-state index contributed by atoms with van der Waals surface area (Å²) in [6.45, 7) is 3.45. The largest absolute Gasteiger partial charge is 0.416 e. The Labute approximate surface area is 117 Å². The Morgan fingerprint density at radius 3 is 2.30 bits per heavy atom. The third-order valence-electron chi connectivity index (χ3n) is 3.59. The van der Waals surface area contributed by atoms with Gasteiger partial charge in [-0.25, -0.2) is 0 Å². The summed E-state index contributed by atoms with van der Waals surface area (Å²) in [5, 5.41) is 3.08. The molecular formula is C15H20F3NO. The number of halogens is 3. The lowest BCUT2D eigenvalue weighted by molar-refractivity contribution is -0.138. The van der Waals surface area contributed by atoms with Crippen molar-refractivity contribution in [1.29, 1.82) is 0 Å². The number of rotatable bonds is 1. The summed E-state index contributed by atoms with van der Waals surface area (Å²) in [7, 11) is 0. The molecule has 1 atom stereocenters. The standard InChI is InChI=1S/C11H12F3N.C4H8O/c12-11(13,14)10-4-2-1-3-9(10)8-5-6-15-7-8;1-2-4-5-3-1/h1-4,8,15H,5-7H2;1-4H2/t8-;/m1./s1. The lowest BCUT2D eigenvalue weighted by atomic mass is 9.93. The van der Waals surface area contributed by atoms with Crippen molar-refractivity contribution in [1.82, 2.24) is 5.32 Å². The molecule has 1 aromatic rings. The van der Waals surface area contributed by atoms with E-state index in [9.17, 15) is 13.2 Å². The zero-order chi connectivity index (χ0) is 14.4. The van der Waals surface area contributed by atoms with Gasteiger partial charge in [-0.1, -0.05) is 18.2 Å². The van der Waals surface area contributed by atoms with Gasteiger partial charge >= 0.3 is 6.18 Å². The van der Waals surface area contributed by atoms with Gasteiger partial charge in [-0.3, -0.25) is 0 Å². The van der Waals surface area contributed by atoms with E-state index in [1.807, 2.05) is 0 Å². The lowest BCUT2D eigenvalue weighted by Crippen LogP contribution is -2.14. The number of hydrogen-bond acceptors (Lipinski definition) is 2. The molecule has 5 heteroatoms. The second kappa shape index (κ2) is 7.09. The first kappa shape index (κ1) is 15.3. The summed E-state index contributed by atoms with van der Waals surface area (Å²) < 4.78 is 43.0. The average Bonchev–Trinajstić information content (AvgIpc) is 3.14. The van der Waals surface area contributed by atoms with E-state index in [-0.39, 0.29) is 5.92 Å². The minimum absolute atomic E-state index is 0.00262. The maximum Gasteiger partial charge on any atom is 0.416 e. The molecule has 1 N–H and O–H groups in total. The average molecular weight is 287 g/mol. The van der Waals surface area contributed by atoms with Crippen molar-refractivity contribution in [2.24, 2.45) is 0 Å². The highest BCUT2D eigenvalue weighted by atomic mass is 19.4. The Bertz CT molecular complexity index is 402. The molecule has 0 radical (unpaired) electrons. The molecule has 0 aromatic heterocycles. The van der Waals surface area contributed by atoms with Crippen molar-refractivity contribution in [2.45, 2.75) is 31.4 Å². The van der Waals surface area contributed by atoms with Gasteiger partial charge in [0.05, 0.1) is 5.56 Å². The molecule has 2 saturated heterocycles. The monoisotopic (exact) mass is 287 g/mol. The van der Waals surface area contributed by atoms with Gasteiger partial charge in [0.25, 0.3) is 0 Å². The summed E-state index contributed by atoms with van der Waals surface area (Å²) in [6, 6.07) is 5.85. The van der Waals surface area contributed by atoms with Crippen molar-refractivity contribution in [3.63, 3.8) is 0 Å². The smallest absolute Gasteiger partial charge is 0.381 e. The molecule has 2 heterocycles. The van der Waals surface area contributed by atoms with Crippen LogP contribution in [0.3, 0.4) is 0 Å². The molecule has 2 fully saturated rings. The van der Waals surface area contributed by atoms with Crippen LogP contribution in [-0.4, -0.2) is 26.3 Å². The van der Waals surface area contributed by atoms with Crippen molar-refractivity contribution >= 4 is 0 Å². The van der Waals surface area contributed by atoms with Gasteiger partial charge in [-0.05, 0) is 43.4 Å². The van der Waals surface area contributed by atoms with Gasteiger partial charge in [-0.2, -0.15) is 13.2 Å². The van der Waals surface area contributed by atoms with Crippen LogP contribution in [-0.2, 0) is 10.9 Å². The van der Waals surface area contributed by atoms with Crippen LogP contribution in [0, 0.1) is 0 Å². The molecular weight excluding hydrogens is 267 g/mol. The van der Waals surface area contributed by atoms with Crippen LogP contribution >= 0.6 is 0 Å². The SMILES string of the molecule is C1CCOC1.FC(F)(F)c1ccccc1[C@@H]1CCNC1. The van der Waals surface area contributed by atoms with Crippen molar-refractivity contribution in [3.05, 3.63) is 35.4 Å². The second-order valence-corrected chi connectivity index (χ2v) is 5.09. The first-order chi connectivity index (χ1) is 9.59. The fourth-order valence-electron chi connectivity index (χ4n) is 2.54. The molecule has 2 aliphatic heterocycles. The highest BCUT2D eigenvalue weighted by molar-refractivity contribution is 5.33. The Morgan fingerprint density at radius 2 is 1.80 bits per heavy atom. The summed E-state index contributed by atoms with van der Waals surface area (Å²) >= 11 is 0. The fourth-order valence-corrected chi connectivity index (χ4v) is 2.54. The van der Waals surface area contributed by atoms with Crippen LogP contribution in [0.4, 0.5) is 13.2 Å². The maximum absolute atomic E-state index is 12.7. The molecule has 2 nitrogen and oxygen atoms in total. The summed E-state index contributed by atoms with van der Waals surface area (Å²) in [5.74, 6) is 0.00262. The molecule has 1 aromatic carbocycles. The number of hydrogen-bond donors (Lipinski definition) is 1. The van der Waals surface area contributed by atoms with Crippen LogP contribution in [0.5, 0.6) is 0 Å². The summed E-state index contributed by atoms with van der Waals surface area (Å²) in [5.41, 5.74) is -0.0614. The molecule has 112 valence electrons. The van der Waals surface area contributed by atoms with Gasteiger partial charge in [0.1, 0.15) is 0 Å². The summed E-state index contributed by atoms with van der Waals surface area (Å²) in [6.07, 6.45) is -0.897. The molecule has 0 spiro atoms. The normalized spacial score (nSPS) is 22.4. The maximum atomic E-state index is 12.7. The van der Waals surface area contributed by atoms with E-state index < -0.39 is 11.7 Å². The van der Waals surface area contributed by atoms with Crippen LogP contribution in [0.1, 0.15) is 36.3 Å². The van der Waals surface area contributed by atoms with E-state index in [1.165, 1.54) is 18.9 Å². The Kier molecular flexibility index (Phi) is 5.43. The van der Waals surface area contributed by atoms with E-state index >= 15 is 0 Å². The van der Waals surface area contributed by atoms with Crippen LogP contribution in [0.25, 0.3) is 0 Å². The van der Waals surface area contributed by atoms with Crippen molar-refractivity contribution in [2.75, 3.05) is 26.3 Å². The van der Waals surface area contributed by atoms with Crippen LogP contribution in [0.15, 0.2) is 24.3 Å². The van der Waals surface area contributed by atoms with Crippen LogP contribution < -0.4 is 5.32 Å². The van der Waals surface area contributed by atoms with Crippen molar-refractivity contribution < 1.29 is 17.9 Å². The highest BCUT2D eigenvalue weighted by Crippen LogP contribution is 2.36. The van der Waals surface area contributed by atoms with Gasteiger partial charge in [0, 0.05) is 19.8 Å². The zero-order valence-corrected chi connectivity index (χ0v) is 11.4. The van der Waals surface area contributed by atoms with Gasteiger partial charge in [0.2, 0.25) is 0 Å². The Morgan fingerprint density at radius 1 is 1.10 bits per heavy atom. The molecule has 20 heavy (non-hydrogen) atoms. The zero-order valence-electron chi connectivity index (χ0n) is 11.4. The molecule has 0 unspecified atom stereocenters. The fraction of sp³-hybridized carbons (Fsp3) is 0.600. The highest BCUT2D eigenvalue weighted by Gasteiger charge is 2.35. The molecule has 0 aliphatic carbocycles. The van der Waals surface area contributed by atoms with E-state index in [2.05, 4.69) is 5.32 Å². The molecule has 2 aliphatic rings. The molecule has 0 amide bonds. The lowest BCUT2D eigenvalue weighted by Gasteiger charge is -2.16. The van der Waals surface area contributed by atoms with E-state index in [0.717, 1.165) is 32.2 Å². The summed E-state index contributed by atoms with van der Waals surface area (Å²) in [4.78, 5) is 0. The number of nitrogens with one attached hydrogen (secondary N) is 1. The minimum Gasteiger partial charge on any atom is -0.381 e. The van der Waals surface area contributed by atoms with Crippen molar-refractivity contribution in [3.8, 4) is 0 Å². The predicted molar refractivity (Wildman–Crippen MR) is 71.7 cm³/mol. The van der Waals surface area contributed by atoms with Gasteiger partial charge in [-0.15, -0.1) is 0 Å².